The molecule has 0 saturated carbocycles. The predicted octanol–water partition coefficient (Wildman–Crippen LogP) is 4.45. The Morgan fingerprint density at radius 2 is 2.06 bits per heavy atom. The van der Waals surface area contributed by atoms with Crippen molar-refractivity contribution in [2.24, 2.45) is 0 Å². The van der Waals surface area contributed by atoms with E-state index in [1.807, 2.05) is 18.2 Å². The van der Waals surface area contributed by atoms with Crippen LogP contribution in [0.5, 0.6) is 0 Å². The first kappa shape index (κ1) is 11.6. The number of rotatable bonds is 1. The molecule has 0 aliphatic rings. The molecular weight excluding hydrogens is 315 g/mol. The minimum atomic E-state index is -0.409. The summed E-state index contributed by atoms with van der Waals surface area (Å²) in [6.45, 7) is 0. The number of nitrogen functional groups attached to an aromatic ring is 1. The van der Waals surface area contributed by atoms with Crippen LogP contribution in [0.2, 0.25) is 0 Å². The lowest BCUT2D eigenvalue weighted by molar-refractivity contribution is 0.633. The zero-order valence-corrected chi connectivity index (χ0v) is 11.6. The zero-order chi connectivity index (χ0) is 12.7. The molecule has 1 heterocycles. The van der Waals surface area contributed by atoms with E-state index in [4.69, 9.17) is 5.73 Å². The zero-order valence-electron chi connectivity index (χ0n) is 9.15. The summed E-state index contributed by atoms with van der Waals surface area (Å²) in [4.78, 5) is 4.48. The SMILES string of the molecule is Nc1c(F)cccc1-c1nc2ccc(Br)cc2s1. The van der Waals surface area contributed by atoms with E-state index >= 15 is 0 Å². The standard InChI is InChI=1S/C13H8BrFN2S/c14-7-4-5-10-11(6-7)18-13(17-10)8-2-1-3-9(15)12(8)16/h1-6H,16H2. The van der Waals surface area contributed by atoms with E-state index in [9.17, 15) is 4.39 Å². The van der Waals surface area contributed by atoms with Crippen molar-refractivity contribution in [1.82, 2.24) is 4.98 Å². The van der Waals surface area contributed by atoms with Gasteiger partial charge in [-0.15, -0.1) is 11.3 Å². The third-order valence-electron chi connectivity index (χ3n) is 2.63. The van der Waals surface area contributed by atoms with E-state index in [2.05, 4.69) is 20.9 Å². The molecule has 2 aromatic carbocycles. The topological polar surface area (TPSA) is 38.9 Å². The van der Waals surface area contributed by atoms with Crippen molar-refractivity contribution < 1.29 is 4.39 Å². The molecule has 0 unspecified atom stereocenters. The largest absolute Gasteiger partial charge is 0.396 e. The second-order valence-corrected chi connectivity index (χ2v) is 5.78. The maximum atomic E-state index is 13.4. The summed E-state index contributed by atoms with van der Waals surface area (Å²) < 4.78 is 15.5. The molecule has 0 fully saturated rings. The predicted molar refractivity (Wildman–Crippen MR) is 77.1 cm³/mol. The quantitative estimate of drug-likeness (QED) is 0.672. The van der Waals surface area contributed by atoms with Gasteiger partial charge in [0.15, 0.2) is 0 Å². The van der Waals surface area contributed by atoms with Gasteiger partial charge in [0, 0.05) is 10.0 Å². The van der Waals surface area contributed by atoms with E-state index in [0.29, 0.717) is 5.56 Å². The van der Waals surface area contributed by atoms with Gasteiger partial charge in [-0.3, -0.25) is 0 Å². The highest BCUT2D eigenvalue weighted by molar-refractivity contribution is 9.10. The highest BCUT2D eigenvalue weighted by Crippen LogP contribution is 2.35. The number of para-hydroxylation sites is 1. The summed E-state index contributed by atoms with van der Waals surface area (Å²) in [6, 6.07) is 10.6. The molecule has 18 heavy (non-hydrogen) atoms. The Balaban J connectivity index is 2.22. The molecule has 0 atom stereocenters. The van der Waals surface area contributed by atoms with Crippen LogP contribution in [0.25, 0.3) is 20.8 Å². The monoisotopic (exact) mass is 322 g/mol. The molecule has 0 radical (unpaired) electrons. The minimum absolute atomic E-state index is 0.149. The number of thiazole rings is 1. The number of nitrogens with two attached hydrogens (primary N) is 1. The molecule has 0 saturated heterocycles. The summed E-state index contributed by atoms with van der Waals surface area (Å²) >= 11 is 4.92. The van der Waals surface area contributed by atoms with Crippen LogP contribution in [0.1, 0.15) is 0 Å². The Labute approximate surface area is 115 Å². The number of benzene rings is 2. The number of fused-ring (bicyclic) bond motifs is 1. The van der Waals surface area contributed by atoms with Crippen molar-refractivity contribution in [2.75, 3.05) is 5.73 Å². The number of hydrogen-bond donors (Lipinski definition) is 1. The van der Waals surface area contributed by atoms with Gasteiger partial charge in [0.1, 0.15) is 10.8 Å². The molecule has 0 spiro atoms. The normalized spacial score (nSPS) is 11.0. The highest BCUT2D eigenvalue weighted by Gasteiger charge is 2.11. The van der Waals surface area contributed by atoms with Crippen LogP contribution in [0, 0.1) is 5.82 Å². The molecule has 3 rings (SSSR count). The Bertz CT molecular complexity index is 739. The number of hydrogen-bond acceptors (Lipinski definition) is 3. The van der Waals surface area contributed by atoms with Gasteiger partial charge in [-0.1, -0.05) is 22.0 Å². The Hall–Kier alpha value is -1.46. The molecule has 0 aliphatic heterocycles. The molecule has 0 aliphatic carbocycles. The van der Waals surface area contributed by atoms with Crippen LogP contribution >= 0.6 is 27.3 Å². The maximum Gasteiger partial charge on any atom is 0.146 e. The highest BCUT2D eigenvalue weighted by atomic mass is 79.9. The minimum Gasteiger partial charge on any atom is -0.396 e. The van der Waals surface area contributed by atoms with Gasteiger partial charge in [-0.25, -0.2) is 9.37 Å². The lowest BCUT2D eigenvalue weighted by Gasteiger charge is -2.01. The van der Waals surface area contributed by atoms with Gasteiger partial charge in [-0.05, 0) is 30.3 Å². The summed E-state index contributed by atoms with van der Waals surface area (Å²) in [5.41, 5.74) is 7.43. The Morgan fingerprint density at radius 1 is 1.22 bits per heavy atom. The van der Waals surface area contributed by atoms with Crippen LogP contribution in [0.3, 0.4) is 0 Å². The number of halogens is 2. The van der Waals surface area contributed by atoms with Crippen LogP contribution in [0.15, 0.2) is 40.9 Å². The smallest absolute Gasteiger partial charge is 0.146 e. The molecule has 2 nitrogen and oxygen atoms in total. The van der Waals surface area contributed by atoms with E-state index < -0.39 is 5.82 Å². The molecular formula is C13H8BrFN2S. The molecule has 3 aromatic rings. The average Bonchev–Trinajstić information content (AvgIpc) is 2.75. The first-order valence-corrected chi connectivity index (χ1v) is 6.86. The fourth-order valence-electron chi connectivity index (χ4n) is 1.74. The molecule has 5 heteroatoms. The fourth-order valence-corrected chi connectivity index (χ4v) is 3.29. The fraction of sp³-hybridized carbons (Fsp3) is 0. The molecule has 0 amide bonds. The van der Waals surface area contributed by atoms with Crippen molar-refractivity contribution in [3.05, 3.63) is 46.7 Å². The van der Waals surface area contributed by atoms with Crippen LogP contribution in [-0.4, -0.2) is 4.98 Å². The number of anilines is 1. The van der Waals surface area contributed by atoms with Gasteiger partial charge in [0.25, 0.3) is 0 Å². The van der Waals surface area contributed by atoms with Crippen molar-refractivity contribution in [3.8, 4) is 10.6 Å². The number of nitrogens with zero attached hydrogens (tertiary/aromatic N) is 1. The first-order valence-electron chi connectivity index (χ1n) is 5.25. The van der Waals surface area contributed by atoms with Crippen molar-refractivity contribution in [1.29, 1.82) is 0 Å². The van der Waals surface area contributed by atoms with Crippen LogP contribution in [0.4, 0.5) is 10.1 Å². The molecule has 1 aromatic heterocycles. The van der Waals surface area contributed by atoms with Gasteiger partial charge in [0.05, 0.1) is 15.9 Å². The molecule has 90 valence electrons. The van der Waals surface area contributed by atoms with E-state index in [1.54, 1.807) is 12.1 Å². The van der Waals surface area contributed by atoms with Gasteiger partial charge < -0.3 is 5.73 Å². The Morgan fingerprint density at radius 3 is 2.89 bits per heavy atom. The third-order valence-corrected chi connectivity index (χ3v) is 4.18. The van der Waals surface area contributed by atoms with E-state index in [1.165, 1.54) is 17.4 Å². The second kappa shape index (κ2) is 4.33. The summed E-state index contributed by atoms with van der Waals surface area (Å²) in [6.07, 6.45) is 0. The lowest BCUT2D eigenvalue weighted by atomic mass is 10.2. The third kappa shape index (κ3) is 1.89. The molecule has 2 N–H and O–H groups in total. The van der Waals surface area contributed by atoms with E-state index in [-0.39, 0.29) is 5.69 Å². The van der Waals surface area contributed by atoms with Crippen molar-refractivity contribution >= 4 is 43.2 Å². The summed E-state index contributed by atoms with van der Waals surface area (Å²) in [5, 5.41) is 0.736. The maximum absolute atomic E-state index is 13.4. The first-order chi connectivity index (χ1) is 8.65. The van der Waals surface area contributed by atoms with Crippen LogP contribution in [-0.2, 0) is 0 Å². The van der Waals surface area contributed by atoms with Gasteiger partial charge >= 0.3 is 0 Å². The van der Waals surface area contributed by atoms with Crippen LogP contribution < -0.4 is 5.73 Å². The number of aromatic nitrogens is 1. The van der Waals surface area contributed by atoms with Crippen molar-refractivity contribution in [3.63, 3.8) is 0 Å². The molecule has 0 bridgehead atoms. The summed E-state index contributed by atoms with van der Waals surface area (Å²) in [5.74, 6) is -0.409. The lowest BCUT2D eigenvalue weighted by Crippen LogP contribution is -1.93. The van der Waals surface area contributed by atoms with Crippen molar-refractivity contribution in [2.45, 2.75) is 0 Å². The second-order valence-electron chi connectivity index (χ2n) is 3.83. The van der Waals surface area contributed by atoms with E-state index in [0.717, 1.165) is 19.7 Å². The van der Waals surface area contributed by atoms with Gasteiger partial charge in [-0.2, -0.15) is 0 Å². The Kier molecular flexibility index (Phi) is 2.80. The average molecular weight is 323 g/mol. The summed E-state index contributed by atoms with van der Waals surface area (Å²) in [7, 11) is 0. The van der Waals surface area contributed by atoms with Gasteiger partial charge in [0.2, 0.25) is 0 Å².